The molecule has 0 amide bonds. The summed E-state index contributed by atoms with van der Waals surface area (Å²) in [7, 11) is 0. The predicted octanol–water partition coefficient (Wildman–Crippen LogP) is 3.59. The molecule has 4 aromatic rings. The van der Waals surface area contributed by atoms with Crippen LogP contribution in [0.25, 0.3) is 16.7 Å². The highest BCUT2D eigenvalue weighted by molar-refractivity contribution is 9.10. The van der Waals surface area contributed by atoms with Gasteiger partial charge >= 0.3 is 0 Å². The minimum Gasteiger partial charge on any atom is -0.341 e. The molecule has 0 radical (unpaired) electrons. The Morgan fingerprint density at radius 1 is 1.04 bits per heavy atom. The fraction of sp³-hybridized carbons (Fsp3) is 0.250. The van der Waals surface area contributed by atoms with E-state index >= 15 is 0 Å². The third-order valence-corrected chi connectivity index (χ3v) is 5.68. The number of anilines is 1. The fourth-order valence-electron chi connectivity index (χ4n) is 3.81. The van der Waals surface area contributed by atoms with Crippen molar-refractivity contribution >= 4 is 38.6 Å². The molecule has 3 heterocycles. The SMILES string of the molecule is O=c1c2cc(Br)ccc2n2c(N3CCCC3)nnc2n1Cc1ccc(F)cc1. The number of hydrogen-bond donors (Lipinski definition) is 0. The van der Waals surface area contributed by atoms with Gasteiger partial charge in [0.05, 0.1) is 17.4 Å². The maximum absolute atomic E-state index is 13.3. The first-order valence-corrected chi connectivity index (χ1v) is 9.98. The molecule has 0 unspecified atom stereocenters. The lowest BCUT2D eigenvalue weighted by Crippen LogP contribution is -2.26. The van der Waals surface area contributed by atoms with Crippen LogP contribution < -0.4 is 10.5 Å². The van der Waals surface area contributed by atoms with Crippen LogP contribution >= 0.6 is 15.9 Å². The molecule has 5 rings (SSSR count). The van der Waals surface area contributed by atoms with Crippen LogP contribution in [0.15, 0.2) is 51.7 Å². The van der Waals surface area contributed by atoms with E-state index in [1.165, 1.54) is 12.1 Å². The van der Waals surface area contributed by atoms with Crippen LogP contribution in [0.2, 0.25) is 0 Å². The molecule has 2 aromatic carbocycles. The number of nitrogens with zero attached hydrogens (tertiary/aromatic N) is 5. The lowest BCUT2D eigenvalue weighted by atomic mass is 10.2. The molecule has 1 fully saturated rings. The molecule has 28 heavy (non-hydrogen) atoms. The van der Waals surface area contributed by atoms with Crippen molar-refractivity contribution in [2.75, 3.05) is 18.0 Å². The van der Waals surface area contributed by atoms with Crippen molar-refractivity contribution in [1.82, 2.24) is 19.2 Å². The summed E-state index contributed by atoms with van der Waals surface area (Å²) in [5, 5.41) is 9.36. The van der Waals surface area contributed by atoms with Crippen LogP contribution in [-0.2, 0) is 6.54 Å². The Hall–Kier alpha value is -2.74. The largest absolute Gasteiger partial charge is 0.341 e. The summed E-state index contributed by atoms with van der Waals surface area (Å²) < 4.78 is 17.7. The van der Waals surface area contributed by atoms with E-state index in [1.807, 2.05) is 22.6 Å². The number of benzene rings is 2. The lowest BCUT2D eigenvalue weighted by molar-refractivity contribution is 0.626. The maximum Gasteiger partial charge on any atom is 0.263 e. The first-order chi connectivity index (χ1) is 13.6. The van der Waals surface area contributed by atoms with Crippen molar-refractivity contribution < 1.29 is 4.39 Å². The summed E-state index contributed by atoms with van der Waals surface area (Å²) in [5.74, 6) is 0.946. The molecule has 8 heteroatoms. The van der Waals surface area contributed by atoms with Crippen LogP contribution in [0.1, 0.15) is 18.4 Å². The van der Waals surface area contributed by atoms with Crippen molar-refractivity contribution in [3.05, 3.63) is 68.7 Å². The molecule has 1 aliphatic rings. The number of halogens is 2. The van der Waals surface area contributed by atoms with E-state index in [2.05, 4.69) is 31.0 Å². The van der Waals surface area contributed by atoms with Crippen molar-refractivity contribution in [3.63, 3.8) is 0 Å². The quantitative estimate of drug-likeness (QED) is 0.487. The monoisotopic (exact) mass is 441 g/mol. The number of rotatable bonds is 3. The Bertz CT molecular complexity index is 1240. The molecule has 0 aliphatic carbocycles. The highest BCUT2D eigenvalue weighted by atomic mass is 79.9. The molecule has 0 N–H and O–H groups in total. The van der Waals surface area contributed by atoms with Crippen molar-refractivity contribution in [2.24, 2.45) is 0 Å². The molecule has 2 aromatic heterocycles. The highest BCUT2D eigenvalue weighted by Gasteiger charge is 2.22. The van der Waals surface area contributed by atoms with Gasteiger partial charge in [-0.15, -0.1) is 10.2 Å². The summed E-state index contributed by atoms with van der Waals surface area (Å²) >= 11 is 3.46. The van der Waals surface area contributed by atoms with Crippen LogP contribution in [0.3, 0.4) is 0 Å². The molecule has 0 atom stereocenters. The van der Waals surface area contributed by atoms with Gasteiger partial charge in [-0.1, -0.05) is 28.1 Å². The zero-order valence-electron chi connectivity index (χ0n) is 15.0. The van der Waals surface area contributed by atoms with Gasteiger partial charge in [0.2, 0.25) is 11.7 Å². The van der Waals surface area contributed by atoms with Crippen LogP contribution in [0, 0.1) is 5.82 Å². The second-order valence-corrected chi connectivity index (χ2v) is 7.92. The number of hydrogen-bond acceptors (Lipinski definition) is 4. The Morgan fingerprint density at radius 3 is 2.54 bits per heavy atom. The van der Waals surface area contributed by atoms with Gasteiger partial charge in [0.25, 0.3) is 5.56 Å². The minimum atomic E-state index is -0.303. The second-order valence-electron chi connectivity index (χ2n) is 7.01. The van der Waals surface area contributed by atoms with Crippen LogP contribution in [0.5, 0.6) is 0 Å². The van der Waals surface area contributed by atoms with E-state index in [0.29, 0.717) is 17.7 Å². The highest BCUT2D eigenvalue weighted by Crippen LogP contribution is 2.25. The number of fused-ring (bicyclic) bond motifs is 3. The summed E-state index contributed by atoms with van der Waals surface area (Å²) in [5.41, 5.74) is 1.46. The average Bonchev–Trinajstić information content (AvgIpc) is 3.36. The first kappa shape index (κ1) is 17.4. The van der Waals surface area contributed by atoms with Gasteiger partial charge in [-0.2, -0.15) is 0 Å². The zero-order valence-corrected chi connectivity index (χ0v) is 16.6. The number of aromatic nitrogens is 4. The van der Waals surface area contributed by atoms with Gasteiger partial charge in [0.15, 0.2) is 0 Å². The molecule has 0 saturated carbocycles. The molecular weight excluding hydrogens is 425 g/mol. The van der Waals surface area contributed by atoms with Gasteiger partial charge in [0, 0.05) is 17.6 Å². The summed E-state index contributed by atoms with van der Waals surface area (Å²) in [6, 6.07) is 11.8. The average molecular weight is 442 g/mol. The second kappa shape index (κ2) is 6.70. The normalized spacial score (nSPS) is 14.4. The minimum absolute atomic E-state index is 0.145. The fourth-order valence-corrected chi connectivity index (χ4v) is 4.17. The standard InChI is InChI=1S/C20H17BrFN5O/c21-14-5-8-17-16(11-14)18(28)26(12-13-3-6-15(22)7-4-13)20-24-23-19(27(17)20)25-9-1-2-10-25/h3-8,11H,1-2,9-10,12H2. The van der Waals surface area contributed by atoms with Gasteiger partial charge in [-0.3, -0.25) is 9.36 Å². The molecular formula is C20H17BrFN5O. The van der Waals surface area contributed by atoms with Crippen LogP contribution in [0.4, 0.5) is 10.3 Å². The predicted molar refractivity (Wildman–Crippen MR) is 109 cm³/mol. The van der Waals surface area contributed by atoms with Crippen molar-refractivity contribution in [3.8, 4) is 0 Å². The smallest absolute Gasteiger partial charge is 0.263 e. The molecule has 1 saturated heterocycles. The molecule has 0 bridgehead atoms. The summed E-state index contributed by atoms with van der Waals surface area (Å²) in [6.45, 7) is 2.15. The van der Waals surface area contributed by atoms with Gasteiger partial charge in [-0.25, -0.2) is 8.79 Å². The Labute approximate surface area is 168 Å². The maximum atomic E-state index is 13.3. The van der Waals surface area contributed by atoms with Gasteiger partial charge in [-0.05, 0) is 48.7 Å². The summed E-state index contributed by atoms with van der Waals surface area (Å²) in [6.07, 6.45) is 2.24. The third-order valence-electron chi connectivity index (χ3n) is 5.19. The molecule has 6 nitrogen and oxygen atoms in total. The van der Waals surface area contributed by atoms with Crippen molar-refractivity contribution in [1.29, 1.82) is 0 Å². The lowest BCUT2D eigenvalue weighted by Gasteiger charge is -2.17. The molecule has 142 valence electrons. The van der Waals surface area contributed by atoms with E-state index in [9.17, 15) is 9.18 Å². The van der Waals surface area contributed by atoms with Crippen molar-refractivity contribution in [2.45, 2.75) is 19.4 Å². The van der Waals surface area contributed by atoms with Gasteiger partial charge < -0.3 is 4.90 Å². The van der Waals surface area contributed by atoms with E-state index in [0.717, 1.165) is 47.4 Å². The zero-order chi connectivity index (χ0) is 19.3. The molecule has 0 spiro atoms. The van der Waals surface area contributed by atoms with E-state index in [-0.39, 0.29) is 11.4 Å². The molecule has 1 aliphatic heterocycles. The topological polar surface area (TPSA) is 55.4 Å². The Balaban J connectivity index is 1.79. The van der Waals surface area contributed by atoms with Gasteiger partial charge in [0.1, 0.15) is 5.82 Å². The van der Waals surface area contributed by atoms with E-state index in [1.54, 1.807) is 16.7 Å². The van der Waals surface area contributed by atoms with Crippen LogP contribution in [-0.4, -0.2) is 32.3 Å². The van der Waals surface area contributed by atoms with E-state index in [4.69, 9.17) is 0 Å². The third kappa shape index (κ3) is 2.79. The summed E-state index contributed by atoms with van der Waals surface area (Å²) in [4.78, 5) is 15.5. The Kier molecular flexibility index (Phi) is 4.16. The Morgan fingerprint density at radius 2 is 1.79 bits per heavy atom. The first-order valence-electron chi connectivity index (χ1n) is 9.18. The van der Waals surface area contributed by atoms with E-state index < -0.39 is 0 Å².